The molecule has 114 valence electrons. The molecule has 5 heteroatoms. The average Bonchev–Trinajstić information content (AvgIpc) is 2.55. The fraction of sp³-hybridized carbons (Fsp3) is 0.294. The van der Waals surface area contributed by atoms with Crippen LogP contribution in [0.4, 0.5) is 0 Å². The van der Waals surface area contributed by atoms with Gasteiger partial charge in [-0.15, -0.1) is 0 Å². The van der Waals surface area contributed by atoms with Gasteiger partial charge in [-0.25, -0.2) is 4.79 Å². The van der Waals surface area contributed by atoms with Crippen LogP contribution in [0.25, 0.3) is 10.9 Å². The molecular formula is C17H18N2O3. The summed E-state index contributed by atoms with van der Waals surface area (Å²) in [4.78, 5) is 17.5. The van der Waals surface area contributed by atoms with E-state index in [0.717, 1.165) is 29.6 Å². The molecule has 0 fully saturated rings. The minimum atomic E-state index is -0.830. The summed E-state index contributed by atoms with van der Waals surface area (Å²) in [5, 5.41) is 10.1. The molecule has 0 saturated carbocycles. The Hall–Kier alpha value is -2.40. The van der Waals surface area contributed by atoms with E-state index >= 15 is 0 Å². The first-order valence-corrected chi connectivity index (χ1v) is 7.35. The van der Waals surface area contributed by atoms with Crippen LogP contribution in [-0.4, -0.2) is 47.2 Å². The zero-order valence-electron chi connectivity index (χ0n) is 12.2. The van der Waals surface area contributed by atoms with E-state index in [1.54, 1.807) is 12.3 Å². The van der Waals surface area contributed by atoms with Crippen molar-refractivity contribution in [1.82, 2.24) is 9.88 Å². The number of nitrogens with zero attached hydrogens (tertiary/aromatic N) is 2. The van der Waals surface area contributed by atoms with Crippen molar-refractivity contribution in [3.8, 4) is 5.75 Å². The molecular weight excluding hydrogens is 280 g/mol. The largest absolute Gasteiger partial charge is 0.490 e. The molecule has 0 unspecified atom stereocenters. The van der Waals surface area contributed by atoms with Crippen LogP contribution >= 0.6 is 0 Å². The van der Waals surface area contributed by atoms with Gasteiger partial charge in [-0.1, -0.05) is 24.3 Å². The standard InChI is InChI=1S/C17H18N2O3/c20-17(21)14-6-3-9-19(12-14)10-11-22-15-7-1-4-13-5-2-8-18-16(13)15/h1-2,4-8H,3,9-12H2,(H,20,21). The third kappa shape index (κ3) is 3.26. The van der Waals surface area contributed by atoms with E-state index in [-0.39, 0.29) is 0 Å². The molecule has 1 aliphatic heterocycles. The maximum absolute atomic E-state index is 11.0. The molecule has 0 saturated heterocycles. The highest BCUT2D eigenvalue weighted by molar-refractivity contribution is 5.87. The highest BCUT2D eigenvalue weighted by atomic mass is 16.5. The molecule has 0 radical (unpaired) electrons. The third-order valence-corrected chi connectivity index (χ3v) is 3.77. The zero-order valence-corrected chi connectivity index (χ0v) is 12.2. The van der Waals surface area contributed by atoms with Crippen LogP contribution in [0.3, 0.4) is 0 Å². The number of hydrogen-bond acceptors (Lipinski definition) is 4. The SMILES string of the molecule is O=C(O)C1=CCCN(CCOc2cccc3cccnc23)C1. The first-order chi connectivity index (χ1) is 10.7. The van der Waals surface area contributed by atoms with Gasteiger partial charge in [-0.05, 0) is 18.6 Å². The summed E-state index contributed by atoms with van der Waals surface area (Å²) in [5.41, 5.74) is 1.33. The maximum Gasteiger partial charge on any atom is 0.332 e. The normalized spacial score (nSPS) is 15.5. The number of carboxylic acid groups (broad SMARTS) is 1. The molecule has 0 amide bonds. The van der Waals surface area contributed by atoms with E-state index in [2.05, 4.69) is 9.88 Å². The molecule has 0 atom stereocenters. The number of para-hydroxylation sites is 1. The molecule has 0 bridgehead atoms. The number of benzene rings is 1. The van der Waals surface area contributed by atoms with Crippen molar-refractivity contribution in [2.45, 2.75) is 6.42 Å². The lowest BCUT2D eigenvalue weighted by atomic mass is 10.1. The number of ether oxygens (including phenoxy) is 1. The zero-order chi connectivity index (χ0) is 15.4. The Morgan fingerprint density at radius 1 is 1.32 bits per heavy atom. The van der Waals surface area contributed by atoms with E-state index in [0.29, 0.717) is 25.3 Å². The molecule has 0 aliphatic carbocycles. The van der Waals surface area contributed by atoms with Gasteiger partial charge >= 0.3 is 5.97 Å². The molecule has 22 heavy (non-hydrogen) atoms. The van der Waals surface area contributed by atoms with Gasteiger partial charge in [0, 0.05) is 36.8 Å². The van der Waals surface area contributed by atoms with Gasteiger partial charge in [-0.3, -0.25) is 9.88 Å². The van der Waals surface area contributed by atoms with Crippen molar-refractivity contribution in [3.63, 3.8) is 0 Å². The lowest BCUT2D eigenvalue weighted by molar-refractivity contribution is -0.133. The molecule has 0 spiro atoms. The summed E-state index contributed by atoms with van der Waals surface area (Å²) >= 11 is 0. The third-order valence-electron chi connectivity index (χ3n) is 3.77. The van der Waals surface area contributed by atoms with E-state index < -0.39 is 5.97 Å². The number of fused-ring (bicyclic) bond motifs is 1. The Balaban J connectivity index is 1.59. The van der Waals surface area contributed by atoms with Gasteiger partial charge in [-0.2, -0.15) is 0 Å². The topological polar surface area (TPSA) is 62.7 Å². The number of pyridine rings is 1. The van der Waals surface area contributed by atoms with Crippen molar-refractivity contribution in [1.29, 1.82) is 0 Å². The fourth-order valence-electron chi connectivity index (χ4n) is 2.63. The van der Waals surface area contributed by atoms with Crippen LogP contribution in [0.15, 0.2) is 48.2 Å². The number of carboxylic acids is 1. The quantitative estimate of drug-likeness (QED) is 0.918. The Kier molecular flexibility index (Phi) is 4.34. The minimum absolute atomic E-state index is 0.470. The lowest BCUT2D eigenvalue weighted by Crippen LogP contribution is -2.35. The fourth-order valence-corrected chi connectivity index (χ4v) is 2.63. The first-order valence-electron chi connectivity index (χ1n) is 7.35. The number of aromatic nitrogens is 1. The van der Waals surface area contributed by atoms with Crippen molar-refractivity contribution in [2.75, 3.05) is 26.2 Å². The van der Waals surface area contributed by atoms with Crippen LogP contribution in [0.5, 0.6) is 5.75 Å². The van der Waals surface area contributed by atoms with E-state index in [1.807, 2.05) is 30.3 Å². The van der Waals surface area contributed by atoms with Gasteiger partial charge in [0.25, 0.3) is 0 Å². The first kappa shape index (κ1) is 14.5. The van der Waals surface area contributed by atoms with Crippen LogP contribution < -0.4 is 4.74 Å². The van der Waals surface area contributed by atoms with Crippen LogP contribution in [0, 0.1) is 0 Å². The van der Waals surface area contributed by atoms with Gasteiger partial charge in [0.2, 0.25) is 0 Å². The van der Waals surface area contributed by atoms with Crippen LogP contribution in [0.1, 0.15) is 6.42 Å². The summed E-state index contributed by atoms with van der Waals surface area (Å²) in [6, 6.07) is 9.77. The second kappa shape index (κ2) is 6.58. The van der Waals surface area contributed by atoms with Crippen LogP contribution in [0.2, 0.25) is 0 Å². The van der Waals surface area contributed by atoms with E-state index in [9.17, 15) is 4.79 Å². The summed E-state index contributed by atoms with van der Waals surface area (Å²) in [6.07, 6.45) is 4.33. The van der Waals surface area contributed by atoms with Gasteiger partial charge in [0.1, 0.15) is 17.9 Å². The molecule has 3 rings (SSSR count). The number of aliphatic carboxylic acids is 1. The molecule has 1 aromatic carbocycles. The molecule has 1 N–H and O–H groups in total. The van der Waals surface area contributed by atoms with Gasteiger partial charge in [0.15, 0.2) is 0 Å². The molecule has 2 aromatic rings. The molecule has 2 heterocycles. The monoisotopic (exact) mass is 298 g/mol. The maximum atomic E-state index is 11.0. The average molecular weight is 298 g/mol. The Labute approximate surface area is 128 Å². The number of rotatable bonds is 5. The summed E-state index contributed by atoms with van der Waals surface area (Å²) in [7, 11) is 0. The highest BCUT2D eigenvalue weighted by Crippen LogP contribution is 2.22. The lowest BCUT2D eigenvalue weighted by Gasteiger charge is -2.25. The second-order valence-corrected chi connectivity index (χ2v) is 5.28. The smallest absolute Gasteiger partial charge is 0.332 e. The predicted molar refractivity (Wildman–Crippen MR) is 84.0 cm³/mol. The van der Waals surface area contributed by atoms with E-state index in [1.165, 1.54) is 0 Å². The Morgan fingerprint density at radius 2 is 2.18 bits per heavy atom. The summed E-state index contributed by atoms with van der Waals surface area (Å²) < 4.78 is 5.85. The Morgan fingerprint density at radius 3 is 3.05 bits per heavy atom. The Bertz CT molecular complexity index is 707. The van der Waals surface area contributed by atoms with Gasteiger partial charge < -0.3 is 9.84 Å². The number of hydrogen-bond donors (Lipinski definition) is 1. The molecule has 5 nitrogen and oxygen atoms in total. The van der Waals surface area contributed by atoms with E-state index in [4.69, 9.17) is 9.84 Å². The van der Waals surface area contributed by atoms with Crippen molar-refractivity contribution >= 4 is 16.9 Å². The highest BCUT2D eigenvalue weighted by Gasteiger charge is 2.17. The van der Waals surface area contributed by atoms with Crippen molar-refractivity contribution in [2.24, 2.45) is 0 Å². The summed E-state index contributed by atoms with van der Waals surface area (Å²) in [6.45, 7) is 2.57. The molecule has 1 aliphatic rings. The number of carbonyl (C=O) groups is 1. The van der Waals surface area contributed by atoms with Crippen molar-refractivity contribution in [3.05, 3.63) is 48.2 Å². The van der Waals surface area contributed by atoms with Crippen molar-refractivity contribution < 1.29 is 14.6 Å². The molecule has 1 aromatic heterocycles. The van der Waals surface area contributed by atoms with Gasteiger partial charge in [0.05, 0.1) is 0 Å². The second-order valence-electron chi connectivity index (χ2n) is 5.28. The predicted octanol–water partition coefficient (Wildman–Crippen LogP) is 2.33. The summed E-state index contributed by atoms with van der Waals surface area (Å²) in [5.74, 6) is -0.0621. The minimum Gasteiger partial charge on any atom is -0.490 e. The van der Waals surface area contributed by atoms with Crippen LogP contribution in [-0.2, 0) is 4.79 Å².